The molecule has 0 aliphatic rings. The van der Waals surface area contributed by atoms with Gasteiger partial charge in [0.25, 0.3) is 0 Å². The topological polar surface area (TPSA) is 70.4 Å². The molecule has 136 valence electrons. The van der Waals surface area contributed by atoms with E-state index in [4.69, 9.17) is 0 Å². The molecule has 1 aromatic carbocycles. The van der Waals surface area contributed by atoms with Gasteiger partial charge in [-0.25, -0.2) is 9.07 Å². The SMILES string of the molecule is CC(C(=O)Nc1ccnn1C(C)C)N(C)CC(O)c1ccc(F)cc1. The molecule has 0 aliphatic heterocycles. The Morgan fingerprint density at radius 1 is 1.28 bits per heavy atom. The van der Waals surface area contributed by atoms with Crippen LogP contribution in [0.3, 0.4) is 0 Å². The van der Waals surface area contributed by atoms with Gasteiger partial charge in [-0.15, -0.1) is 0 Å². The van der Waals surface area contributed by atoms with E-state index in [1.807, 2.05) is 13.8 Å². The van der Waals surface area contributed by atoms with Crippen molar-refractivity contribution in [3.05, 3.63) is 47.9 Å². The van der Waals surface area contributed by atoms with Gasteiger partial charge in [0.1, 0.15) is 11.6 Å². The van der Waals surface area contributed by atoms with Crippen LogP contribution in [0.1, 0.15) is 38.5 Å². The predicted octanol–water partition coefficient (Wildman–Crippen LogP) is 2.60. The molecule has 1 heterocycles. The molecule has 0 spiro atoms. The number of aliphatic hydroxyl groups excluding tert-OH is 1. The van der Waals surface area contributed by atoms with Crippen LogP contribution in [-0.2, 0) is 4.79 Å². The average molecular weight is 348 g/mol. The Hall–Kier alpha value is -2.25. The van der Waals surface area contributed by atoms with Crippen molar-refractivity contribution >= 4 is 11.7 Å². The van der Waals surface area contributed by atoms with E-state index in [1.54, 1.807) is 47.9 Å². The summed E-state index contributed by atoms with van der Waals surface area (Å²) in [6.07, 6.45) is 0.837. The summed E-state index contributed by atoms with van der Waals surface area (Å²) in [7, 11) is 1.76. The van der Waals surface area contributed by atoms with Gasteiger partial charge < -0.3 is 10.4 Å². The average Bonchev–Trinajstić information content (AvgIpc) is 3.02. The van der Waals surface area contributed by atoms with Crippen LogP contribution in [0.25, 0.3) is 0 Å². The van der Waals surface area contributed by atoms with Crippen molar-refractivity contribution in [3.63, 3.8) is 0 Å². The second-order valence-electron chi connectivity index (χ2n) is 6.43. The maximum absolute atomic E-state index is 13.0. The van der Waals surface area contributed by atoms with Gasteiger partial charge in [-0.2, -0.15) is 5.10 Å². The zero-order valence-corrected chi connectivity index (χ0v) is 15.0. The first kappa shape index (κ1) is 19.1. The van der Waals surface area contributed by atoms with Gasteiger partial charge in [0, 0.05) is 18.7 Å². The molecule has 0 bridgehead atoms. The Morgan fingerprint density at radius 2 is 1.92 bits per heavy atom. The van der Waals surface area contributed by atoms with E-state index in [2.05, 4.69) is 10.4 Å². The number of halogens is 1. The van der Waals surface area contributed by atoms with E-state index in [9.17, 15) is 14.3 Å². The van der Waals surface area contributed by atoms with Crippen molar-refractivity contribution in [3.8, 4) is 0 Å². The smallest absolute Gasteiger partial charge is 0.242 e. The standard InChI is InChI=1S/C18H25FN4O2/c1-12(2)23-17(9-10-20-23)21-18(25)13(3)22(4)11-16(24)14-5-7-15(19)8-6-14/h5-10,12-13,16,24H,11H2,1-4H3,(H,21,25). The normalized spacial score (nSPS) is 13.9. The minimum absolute atomic E-state index is 0.138. The molecule has 6 nitrogen and oxygen atoms in total. The number of benzene rings is 1. The maximum Gasteiger partial charge on any atom is 0.242 e. The molecular formula is C18H25FN4O2. The first-order valence-electron chi connectivity index (χ1n) is 8.27. The number of carbonyl (C=O) groups excluding carboxylic acids is 1. The van der Waals surface area contributed by atoms with Crippen molar-refractivity contribution in [2.45, 2.75) is 39.0 Å². The van der Waals surface area contributed by atoms with Gasteiger partial charge in [-0.1, -0.05) is 12.1 Å². The number of hydrogen-bond acceptors (Lipinski definition) is 4. The molecule has 2 atom stereocenters. The van der Waals surface area contributed by atoms with Gasteiger partial charge in [0.2, 0.25) is 5.91 Å². The van der Waals surface area contributed by atoms with Crippen LogP contribution in [0.5, 0.6) is 0 Å². The molecule has 25 heavy (non-hydrogen) atoms. The lowest BCUT2D eigenvalue weighted by Gasteiger charge is -2.26. The molecule has 0 radical (unpaired) electrons. The quantitative estimate of drug-likeness (QED) is 0.807. The van der Waals surface area contributed by atoms with Crippen molar-refractivity contribution in [2.75, 3.05) is 18.9 Å². The summed E-state index contributed by atoms with van der Waals surface area (Å²) in [5.74, 6) is 0.106. The number of likely N-dealkylation sites (N-methyl/N-ethyl adjacent to an activating group) is 1. The fraction of sp³-hybridized carbons (Fsp3) is 0.444. The Bertz CT molecular complexity index is 699. The Labute approximate surface area is 147 Å². The van der Waals surface area contributed by atoms with E-state index in [0.717, 1.165) is 0 Å². The lowest BCUT2D eigenvalue weighted by atomic mass is 10.1. The third-order valence-electron chi connectivity index (χ3n) is 4.17. The highest BCUT2D eigenvalue weighted by Crippen LogP contribution is 2.17. The predicted molar refractivity (Wildman–Crippen MR) is 94.7 cm³/mol. The molecule has 0 saturated carbocycles. The molecule has 2 rings (SSSR count). The summed E-state index contributed by atoms with van der Waals surface area (Å²) in [6, 6.07) is 7.13. The summed E-state index contributed by atoms with van der Waals surface area (Å²) in [5, 5.41) is 17.3. The van der Waals surface area contributed by atoms with Crippen LogP contribution in [-0.4, -0.2) is 45.3 Å². The van der Waals surface area contributed by atoms with E-state index < -0.39 is 12.1 Å². The van der Waals surface area contributed by atoms with E-state index >= 15 is 0 Å². The van der Waals surface area contributed by atoms with Gasteiger partial charge in [0.15, 0.2) is 0 Å². The molecule has 0 saturated heterocycles. The van der Waals surface area contributed by atoms with Crippen molar-refractivity contribution in [2.24, 2.45) is 0 Å². The van der Waals surface area contributed by atoms with Gasteiger partial charge >= 0.3 is 0 Å². The summed E-state index contributed by atoms with van der Waals surface area (Å²) >= 11 is 0. The first-order valence-corrected chi connectivity index (χ1v) is 8.27. The molecule has 0 aliphatic carbocycles. The summed E-state index contributed by atoms with van der Waals surface area (Å²) in [6.45, 7) is 5.99. The molecule has 1 aromatic heterocycles. The van der Waals surface area contributed by atoms with Crippen molar-refractivity contribution in [1.29, 1.82) is 0 Å². The third-order valence-corrected chi connectivity index (χ3v) is 4.17. The monoisotopic (exact) mass is 348 g/mol. The number of carbonyl (C=O) groups is 1. The van der Waals surface area contributed by atoms with Crippen LogP contribution in [0.2, 0.25) is 0 Å². The number of anilines is 1. The van der Waals surface area contributed by atoms with E-state index in [-0.39, 0.29) is 24.3 Å². The summed E-state index contributed by atoms with van der Waals surface area (Å²) < 4.78 is 14.7. The highest BCUT2D eigenvalue weighted by Gasteiger charge is 2.22. The molecule has 1 amide bonds. The molecule has 7 heteroatoms. The highest BCUT2D eigenvalue weighted by atomic mass is 19.1. The highest BCUT2D eigenvalue weighted by molar-refractivity contribution is 5.93. The maximum atomic E-state index is 13.0. The van der Waals surface area contributed by atoms with Gasteiger partial charge in [0.05, 0.1) is 18.3 Å². The summed E-state index contributed by atoms with van der Waals surface area (Å²) in [5.41, 5.74) is 0.610. The van der Waals surface area contributed by atoms with Crippen LogP contribution in [0, 0.1) is 5.82 Å². The molecule has 2 N–H and O–H groups in total. The first-order chi connectivity index (χ1) is 11.8. The lowest BCUT2D eigenvalue weighted by Crippen LogP contribution is -2.41. The number of hydrogen-bond donors (Lipinski definition) is 2. The zero-order valence-electron chi connectivity index (χ0n) is 15.0. The second kappa shape index (κ2) is 8.22. The van der Waals surface area contributed by atoms with Crippen LogP contribution in [0.15, 0.2) is 36.5 Å². The summed E-state index contributed by atoms with van der Waals surface area (Å²) in [4.78, 5) is 14.2. The van der Waals surface area contributed by atoms with Gasteiger partial charge in [-0.05, 0) is 45.5 Å². The zero-order chi connectivity index (χ0) is 18.6. The van der Waals surface area contributed by atoms with E-state index in [0.29, 0.717) is 11.4 Å². The Morgan fingerprint density at radius 3 is 2.52 bits per heavy atom. The lowest BCUT2D eigenvalue weighted by molar-refractivity contribution is -0.120. The fourth-order valence-corrected chi connectivity index (χ4v) is 2.48. The van der Waals surface area contributed by atoms with Gasteiger partial charge in [-0.3, -0.25) is 9.69 Å². The third kappa shape index (κ3) is 4.87. The number of amides is 1. The Balaban J connectivity index is 1.96. The van der Waals surface area contributed by atoms with Crippen LogP contribution < -0.4 is 5.32 Å². The fourth-order valence-electron chi connectivity index (χ4n) is 2.48. The number of nitrogens with one attached hydrogen (secondary N) is 1. The van der Waals surface area contributed by atoms with Crippen LogP contribution >= 0.6 is 0 Å². The molecule has 2 unspecified atom stereocenters. The number of aromatic nitrogens is 2. The minimum Gasteiger partial charge on any atom is -0.387 e. The second-order valence-corrected chi connectivity index (χ2v) is 6.43. The Kier molecular flexibility index (Phi) is 6.27. The molecular weight excluding hydrogens is 323 g/mol. The number of nitrogens with zero attached hydrogens (tertiary/aromatic N) is 3. The van der Waals surface area contributed by atoms with Crippen molar-refractivity contribution in [1.82, 2.24) is 14.7 Å². The number of aliphatic hydroxyl groups is 1. The largest absolute Gasteiger partial charge is 0.387 e. The minimum atomic E-state index is -0.804. The number of rotatable bonds is 7. The van der Waals surface area contributed by atoms with Crippen molar-refractivity contribution < 1.29 is 14.3 Å². The molecule has 0 fully saturated rings. The van der Waals surface area contributed by atoms with Crippen LogP contribution in [0.4, 0.5) is 10.2 Å². The van der Waals surface area contributed by atoms with E-state index in [1.165, 1.54) is 12.1 Å². The molecule has 2 aromatic rings.